The Kier molecular flexibility index (Phi) is 10.3. The maximum absolute atomic E-state index is 14.1. The fourth-order valence-electron chi connectivity index (χ4n) is 4.16. The minimum absolute atomic E-state index is 0.0135. The number of hydrogen-bond acceptors (Lipinski definition) is 4. The van der Waals surface area contributed by atoms with Crippen molar-refractivity contribution in [3.63, 3.8) is 0 Å². The molecule has 0 saturated heterocycles. The van der Waals surface area contributed by atoms with E-state index in [2.05, 4.69) is 5.32 Å². The molecule has 214 valence electrons. The van der Waals surface area contributed by atoms with E-state index in [-0.39, 0.29) is 17.3 Å². The molecule has 0 radical (unpaired) electrons. The number of sulfonamides is 1. The second kappa shape index (κ2) is 13.1. The first kappa shape index (κ1) is 31.5. The van der Waals surface area contributed by atoms with Crippen LogP contribution in [0, 0.1) is 6.92 Å². The zero-order chi connectivity index (χ0) is 29.7. The summed E-state index contributed by atoms with van der Waals surface area (Å²) >= 11 is 12.4. The standard InChI is InChI=1S/C30H35Cl2N3O4S/c1-6-27(29(37)33-30(3,4)5)34(19-22-9-7-8-10-26(22)32)28(36)20-35(24-15-11-21(2)12-16-24)40(38,39)25-17-13-23(31)14-18-25/h7-18,27H,6,19-20H2,1-5H3,(H,33,37)/t27-/m1/s1. The maximum Gasteiger partial charge on any atom is 0.264 e. The Morgan fingerprint density at radius 3 is 2.08 bits per heavy atom. The molecule has 10 heteroatoms. The number of nitrogens with one attached hydrogen (secondary N) is 1. The van der Waals surface area contributed by atoms with Crippen LogP contribution in [0.1, 0.15) is 45.2 Å². The third-order valence-electron chi connectivity index (χ3n) is 6.19. The minimum Gasteiger partial charge on any atom is -0.350 e. The first-order valence-corrected chi connectivity index (χ1v) is 15.1. The molecule has 3 aromatic carbocycles. The van der Waals surface area contributed by atoms with Gasteiger partial charge in [-0.2, -0.15) is 0 Å². The average molecular weight is 605 g/mol. The van der Waals surface area contributed by atoms with Gasteiger partial charge in [0.2, 0.25) is 11.8 Å². The summed E-state index contributed by atoms with van der Waals surface area (Å²) in [6, 6.07) is 18.8. The van der Waals surface area contributed by atoms with E-state index in [0.29, 0.717) is 27.7 Å². The first-order chi connectivity index (χ1) is 18.7. The number of hydrogen-bond donors (Lipinski definition) is 1. The molecule has 0 fully saturated rings. The molecule has 0 aliphatic carbocycles. The van der Waals surface area contributed by atoms with Crippen LogP contribution in [-0.4, -0.2) is 43.3 Å². The molecule has 0 aliphatic heterocycles. The largest absolute Gasteiger partial charge is 0.350 e. The van der Waals surface area contributed by atoms with E-state index in [1.54, 1.807) is 48.5 Å². The van der Waals surface area contributed by atoms with Crippen LogP contribution in [0.5, 0.6) is 0 Å². The third kappa shape index (κ3) is 7.99. The van der Waals surface area contributed by atoms with Crippen molar-refractivity contribution >= 4 is 50.7 Å². The number of amides is 2. The fourth-order valence-corrected chi connectivity index (χ4v) is 5.89. The number of anilines is 1. The maximum atomic E-state index is 14.1. The van der Waals surface area contributed by atoms with E-state index < -0.39 is 34.1 Å². The van der Waals surface area contributed by atoms with Gasteiger partial charge in [0, 0.05) is 22.1 Å². The van der Waals surface area contributed by atoms with Crippen molar-refractivity contribution in [3.8, 4) is 0 Å². The molecule has 0 bridgehead atoms. The van der Waals surface area contributed by atoms with E-state index in [0.717, 1.165) is 9.87 Å². The smallest absolute Gasteiger partial charge is 0.264 e. The number of halogens is 2. The summed E-state index contributed by atoms with van der Waals surface area (Å²) in [6.07, 6.45) is 0.312. The zero-order valence-corrected chi connectivity index (χ0v) is 25.6. The van der Waals surface area contributed by atoms with Crippen molar-refractivity contribution < 1.29 is 18.0 Å². The van der Waals surface area contributed by atoms with Crippen LogP contribution < -0.4 is 9.62 Å². The van der Waals surface area contributed by atoms with Gasteiger partial charge >= 0.3 is 0 Å². The van der Waals surface area contributed by atoms with Crippen molar-refractivity contribution in [1.29, 1.82) is 0 Å². The zero-order valence-electron chi connectivity index (χ0n) is 23.3. The molecule has 0 heterocycles. The van der Waals surface area contributed by atoms with Gasteiger partial charge < -0.3 is 10.2 Å². The van der Waals surface area contributed by atoms with E-state index >= 15 is 0 Å². The Morgan fingerprint density at radius 2 is 1.52 bits per heavy atom. The van der Waals surface area contributed by atoms with Crippen LogP contribution in [0.4, 0.5) is 5.69 Å². The van der Waals surface area contributed by atoms with Gasteiger partial charge in [0.1, 0.15) is 12.6 Å². The lowest BCUT2D eigenvalue weighted by atomic mass is 10.1. The molecule has 3 aromatic rings. The predicted molar refractivity (Wildman–Crippen MR) is 161 cm³/mol. The van der Waals surface area contributed by atoms with Crippen molar-refractivity contribution in [1.82, 2.24) is 10.2 Å². The Bertz CT molecular complexity index is 1440. The second-order valence-corrected chi connectivity index (χ2v) is 13.3. The summed E-state index contributed by atoms with van der Waals surface area (Å²) in [5.41, 5.74) is 1.36. The van der Waals surface area contributed by atoms with E-state index in [1.165, 1.54) is 29.2 Å². The topological polar surface area (TPSA) is 86.8 Å². The molecular weight excluding hydrogens is 569 g/mol. The molecule has 1 N–H and O–H groups in total. The molecule has 0 spiro atoms. The number of nitrogens with zero attached hydrogens (tertiary/aromatic N) is 2. The van der Waals surface area contributed by atoms with Crippen molar-refractivity contribution in [2.24, 2.45) is 0 Å². The van der Waals surface area contributed by atoms with Gasteiger partial charge in [0.25, 0.3) is 10.0 Å². The fraction of sp³-hybridized carbons (Fsp3) is 0.333. The van der Waals surface area contributed by atoms with Crippen LogP contribution in [0.25, 0.3) is 0 Å². The highest BCUT2D eigenvalue weighted by molar-refractivity contribution is 7.92. The van der Waals surface area contributed by atoms with Crippen LogP contribution in [0.3, 0.4) is 0 Å². The molecule has 0 aromatic heterocycles. The molecule has 0 saturated carbocycles. The van der Waals surface area contributed by atoms with Gasteiger partial charge in [-0.1, -0.05) is 66.0 Å². The quantitative estimate of drug-likeness (QED) is 0.298. The van der Waals surface area contributed by atoms with Crippen molar-refractivity contribution in [2.45, 2.75) is 64.1 Å². The molecule has 7 nitrogen and oxygen atoms in total. The van der Waals surface area contributed by atoms with Crippen molar-refractivity contribution in [3.05, 3.63) is 94.0 Å². The molecule has 3 rings (SSSR count). The molecule has 40 heavy (non-hydrogen) atoms. The van der Waals surface area contributed by atoms with E-state index in [4.69, 9.17) is 23.2 Å². The summed E-state index contributed by atoms with van der Waals surface area (Å²) in [5, 5.41) is 3.78. The highest BCUT2D eigenvalue weighted by Crippen LogP contribution is 2.27. The third-order valence-corrected chi connectivity index (χ3v) is 8.59. The SMILES string of the molecule is CC[C@H](C(=O)NC(C)(C)C)N(Cc1ccccc1Cl)C(=O)CN(c1ccc(C)cc1)S(=O)(=O)c1ccc(Cl)cc1. The Balaban J connectivity index is 2.08. The van der Waals surface area contributed by atoms with Gasteiger partial charge in [-0.15, -0.1) is 0 Å². The Morgan fingerprint density at radius 1 is 0.925 bits per heavy atom. The van der Waals surface area contributed by atoms with Crippen LogP contribution in [-0.2, 0) is 26.2 Å². The summed E-state index contributed by atoms with van der Waals surface area (Å²) in [7, 11) is -4.17. The Labute approximate surface area is 247 Å². The van der Waals surface area contributed by atoms with Crippen LogP contribution >= 0.6 is 23.2 Å². The molecular formula is C30H35Cl2N3O4S. The van der Waals surface area contributed by atoms with Gasteiger partial charge in [-0.05, 0) is 82.1 Å². The summed E-state index contributed by atoms with van der Waals surface area (Å²) in [5.74, 6) is -0.883. The highest BCUT2D eigenvalue weighted by Gasteiger charge is 2.34. The highest BCUT2D eigenvalue weighted by atomic mass is 35.5. The second-order valence-electron chi connectivity index (χ2n) is 10.6. The summed E-state index contributed by atoms with van der Waals surface area (Å²) in [6.45, 7) is 8.76. The molecule has 0 aliphatic rings. The van der Waals surface area contributed by atoms with Crippen LogP contribution in [0.15, 0.2) is 77.7 Å². The number of rotatable bonds is 10. The monoisotopic (exact) mass is 603 g/mol. The Hall–Kier alpha value is -3.07. The minimum atomic E-state index is -4.17. The van der Waals surface area contributed by atoms with Gasteiger partial charge in [-0.25, -0.2) is 8.42 Å². The molecule has 1 atom stereocenters. The lowest BCUT2D eigenvalue weighted by molar-refractivity contribution is -0.141. The molecule has 2 amide bonds. The predicted octanol–water partition coefficient (Wildman–Crippen LogP) is 6.22. The summed E-state index contributed by atoms with van der Waals surface area (Å²) < 4.78 is 28.8. The molecule has 0 unspecified atom stereocenters. The van der Waals surface area contributed by atoms with E-state index in [9.17, 15) is 18.0 Å². The number of carbonyl (C=O) groups is 2. The average Bonchev–Trinajstić information content (AvgIpc) is 2.88. The normalized spacial score (nSPS) is 12.5. The van der Waals surface area contributed by atoms with Gasteiger partial charge in [0.05, 0.1) is 10.6 Å². The number of aryl methyl sites for hydroxylation is 1. The van der Waals surface area contributed by atoms with Crippen LogP contribution in [0.2, 0.25) is 10.0 Å². The number of carbonyl (C=O) groups excluding carboxylic acids is 2. The lowest BCUT2D eigenvalue weighted by Gasteiger charge is -2.35. The van der Waals surface area contributed by atoms with E-state index in [1.807, 2.05) is 34.6 Å². The van der Waals surface area contributed by atoms with Gasteiger partial charge in [-0.3, -0.25) is 13.9 Å². The first-order valence-electron chi connectivity index (χ1n) is 12.9. The lowest BCUT2D eigenvalue weighted by Crippen LogP contribution is -2.55. The number of benzene rings is 3. The summed E-state index contributed by atoms with van der Waals surface area (Å²) in [4.78, 5) is 28.8. The van der Waals surface area contributed by atoms with Crippen molar-refractivity contribution in [2.75, 3.05) is 10.8 Å². The van der Waals surface area contributed by atoms with Gasteiger partial charge in [0.15, 0.2) is 0 Å².